The first-order valence-corrected chi connectivity index (χ1v) is 6.21. The summed E-state index contributed by atoms with van der Waals surface area (Å²) in [5, 5.41) is 9.49. The van der Waals surface area contributed by atoms with E-state index in [9.17, 15) is 23.1 Å². The number of phenols is 1. The monoisotopic (exact) mass is 328 g/mol. The van der Waals surface area contributed by atoms with E-state index < -0.39 is 16.1 Å². The zero-order valence-electron chi connectivity index (χ0n) is 8.58. The summed E-state index contributed by atoms with van der Waals surface area (Å²) < 4.78 is 36.2. The van der Waals surface area contributed by atoms with Gasteiger partial charge >= 0.3 is 5.51 Å². The number of carbonyl (C=O) groups excluding carboxylic acids is 1. The SMILES string of the molecule is CC(Br)C(=O)c1ccc(SC(F)(F)F)cc1O. The van der Waals surface area contributed by atoms with Gasteiger partial charge in [0, 0.05) is 4.90 Å². The number of alkyl halides is 4. The topological polar surface area (TPSA) is 37.3 Å². The van der Waals surface area contributed by atoms with E-state index in [2.05, 4.69) is 15.9 Å². The summed E-state index contributed by atoms with van der Waals surface area (Å²) in [6, 6.07) is 3.27. The van der Waals surface area contributed by atoms with Gasteiger partial charge in [-0.1, -0.05) is 15.9 Å². The van der Waals surface area contributed by atoms with Crippen molar-refractivity contribution in [3.05, 3.63) is 23.8 Å². The van der Waals surface area contributed by atoms with Crippen LogP contribution in [-0.4, -0.2) is 21.2 Å². The number of ketones is 1. The van der Waals surface area contributed by atoms with E-state index in [4.69, 9.17) is 0 Å². The molecular formula is C10H8BrF3O2S. The van der Waals surface area contributed by atoms with E-state index >= 15 is 0 Å². The normalized spacial score (nSPS) is 13.5. The molecule has 0 aliphatic carbocycles. The average molecular weight is 329 g/mol. The summed E-state index contributed by atoms with van der Waals surface area (Å²) in [7, 11) is 0. The van der Waals surface area contributed by atoms with Crippen molar-refractivity contribution in [2.75, 3.05) is 0 Å². The van der Waals surface area contributed by atoms with E-state index in [1.807, 2.05) is 0 Å². The van der Waals surface area contributed by atoms with Crippen molar-refractivity contribution in [2.45, 2.75) is 22.2 Å². The van der Waals surface area contributed by atoms with Crippen LogP contribution in [0.15, 0.2) is 23.1 Å². The Morgan fingerprint density at radius 2 is 2.06 bits per heavy atom. The first-order valence-electron chi connectivity index (χ1n) is 4.48. The fourth-order valence-electron chi connectivity index (χ4n) is 1.13. The third-order valence-corrected chi connectivity index (χ3v) is 2.97. The summed E-state index contributed by atoms with van der Waals surface area (Å²) in [6.07, 6.45) is 0. The number of hydrogen-bond acceptors (Lipinski definition) is 3. The summed E-state index contributed by atoms with van der Waals surface area (Å²) in [5.41, 5.74) is -4.42. The Morgan fingerprint density at radius 1 is 1.47 bits per heavy atom. The molecule has 0 aliphatic heterocycles. The van der Waals surface area contributed by atoms with Crippen molar-refractivity contribution in [3.8, 4) is 5.75 Å². The van der Waals surface area contributed by atoms with Crippen LogP contribution in [0, 0.1) is 0 Å². The molecule has 1 aromatic rings. The Hall–Kier alpha value is -0.690. The van der Waals surface area contributed by atoms with Crippen molar-refractivity contribution in [3.63, 3.8) is 0 Å². The number of Topliss-reactive ketones (excluding diaryl/α,β-unsaturated/α-hetero) is 1. The molecule has 0 bridgehead atoms. The number of hydrogen-bond donors (Lipinski definition) is 1. The fraction of sp³-hybridized carbons (Fsp3) is 0.300. The van der Waals surface area contributed by atoms with E-state index in [1.165, 1.54) is 6.07 Å². The second-order valence-electron chi connectivity index (χ2n) is 3.21. The third kappa shape index (κ3) is 4.23. The molecule has 0 amide bonds. The molecule has 1 unspecified atom stereocenters. The largest absolute Gasteiger partial charge is 0.507 e. The van der Waals surface area contributed by atoms with E-state index in [0.717, 1.165) is 12.1 Å². The molecule has 0 spiro atoms. The number of carbonyl (C=O) groups is 1. The number of benzene rings is 1. The van der Waals surface area contributed by atoms with Gasteiger partial charge in [0.05, 0.1) is 10.4 Å². The minimum atomic E-state index is -4.42. The minimum absolute atomic E-state index is 0.000833. The van der Waals surface area contributed by atoms with Gasteiger partial charge < -0.3 is 5.11 Å². The van der Waals surface area contributed by atoms with Gasteiger partial charge in [-0.25, -0.2) is 0 Å². The van der Waals surface area contributed by atoms with Gasteiger partial charge in [-0.2, -0.15) is 13.2 Å². The van der Waals surface area contributed by atoms with Gasteiger partial charge in [0.15, 0.2) is 5.78 Å². The first-order chi connectivity index (χ1) is 7.70. The lowest BCUT2D eigenvalue weighted by atomic mass is 10.1. The quantitative estimate of drug-likeness (QED) is 0.518. The van der Waals surface area contributed by atoms with Crippen LogP contribution in [0.2, 0.25) is 0 Å². The summed E-state index contributed by atoms with van der Waals surface area (Å²) in [5.74, 6) is -0.832. The highest BCUT2D eigenvalue weighted by molar-refractivity contribution is 9.10. The van der Waals surface area contributed by atoms with E-state index in [-0.39, 0.29) is 28.0 Å². The van der Waals surface area contributed by atoms with Crippen LogP contribution in [0.25, 0.3) is 0 Å². The number of phenolic OH excluding ortho intramolecular Hbond substituents is 1. The molecular weight excluding hydrogens is 321 g/mol. The molecule has 0 saturated heterocycles. The fourth-order valence-corrected chi connectivity index (χ4v) is 1.95. The van der Waals surface area contributed by atoms with Crippen LogP contribution < -0.4 is 0 Å². The lowest BCUT2D eigenvalue weighted by Crippen LogP contribution is -2.10. The molecule has 0 fully saturated rings. The Balaban J connectivity index is 2.98. The Kier molecular flexibility index (Phi) is 4.48. The molecule has 0 heterocycles. The molecule has 0 saturated carbocycles. The number of rotatable bonds is 3. The van der Waals surface area contributed by atoms with Gasteiger partial charge in [0.1, 0.15) is 5.75 Å². The maximum atomic E-state index is 12.1. The van der Waals surface area contributed by atoms with Crippen molar-refractivity contribution in [2.24, 2.45) is 0 Å². The average Bonchev–Trinajstić information content (AvgIpc) is 2.14. The maximum absolute atomic E-state index is 12.1. The van der Waals surface area contributed by atoms with Crippen molar-refractivity contribution in [1.29, 1.82) is 0 Å². The molecule has 7 heteroatoms. The predicted octanol–water partition coefficient (Wildman–Crippen LogP) is 3.97. The molecule has 1 aromatic carbocycles. The van der Waals surface area contributed by atoms with E-state index in [0.29, 0.717) is 0 Å². The predicted molar refractivity (Wildman–Crippen MR) is 62.7 cm³/mol. The van der Waals surface area contributed by atoms with Crippen LogP contribution in [-0.2, 0) is 0 Å². The molecule has 0 aliphatic rings. The van der Waals surface area contributed by atoms with Gasteiger partial charge in [0.2, 0.25) is 0 Å². The van der Waals surface area contributed by atoms with Crippen LogP contribution in [0.5, 0.6) is 5.75 Å². The highest BCUT2D eigenvalue weighted by Gasteiger charge is 2.29. The molecule has 0 aromatic heterocycles. The molecule has 0 radical (unpaired) electrons. The molecule has 1 rings (SSSR count). The summed E-state index contributed by atoms with van der Waals surface area (Å²) >= 11 is 2.69. The third-order valence-electron chi connectivity index (χ3n) is 1.83. The van der Waals surface area contributed by atoms with Crippen molar-refractivity contribution in [1.82, 2.24) is 0 Å². The van der Waals surface area contributed by atoms with Gasteiger partial charge in [-0.3, -0.25) is 4.79 Å². The second-order valence-corrected chi connectivity index (χ2v) is 5.72. The number of aromatic hydroxyl groups is 1. The maximum Gasteiger partial charge on any atom is 0.446 e. The zero-order chi connectivity index (χ0) is 13.2. The van der Waals surface area contributed by atoms with Gasteiger partial charge in [-0.05, 0) is 36.9 Å². The molecule has 17 heavy (non-hydrogen) atoms. The standard InChI is InChI=1S/C10H8BrF3O2S/c1-5(11)9(16)7-3-2-6(4-8(7)15)17-10(12,13)14/h2-5,15H,1H3. The molecule has 2 nitrogen and oxygen atoms in total. The van der Waals surface area contributed by atoms with Gasteiger partial charge in [-0.15, -0.1) is 0 Å². The van der Waals surface area contributed by atoms with Crippen LogP contribution >= 0.6 is 27.7 Å². The Morgan fingerprint density at radius 3 is 2.47 bits per heavy atom. The van der Waals surface area contributed by atoms with Crippen LogP contribution in [0.4, 0.5) is 13.2 Å². The lowest BCUT2D eigenvalue weighted by Gasteiger charge is -2.09. The Bertz CT molecular complexity index is 432. The number of halogens is 4. The highest BCUT2D eigenvalue weighted by atomic mass is 79.9. The molecule has 94 valence electrons. The van der Waals surface area contributed by atoms with Crippen LogP contribution in [0.1, 0.15) is 17.3 Å². The summed E-state index contributed by atoms with van der Waals surface area (Å²) in [4.78, 5) is 10.9. The second kappa shape index (κ2) is 5.30. The lowest BCUT2D eigenvalue weighted by molar-refractivity contribution is -0.0328. The number of thioether (sulfide) groups is 1. The molecule has 1 N–H and O–H groups in total. The highest BCUT2D eigenvalue weighted by Crippen LogP contribution is 2.38. The zero-order valence-corrected chi connectivity index (χ0v) is 11.0. The minimum Gasteiger partial charge on any atom is -0.507 e. The van der Waals surface area contributed by atoms with Crippen molar-refractivity contribution >= 4 is 33.5 Å². The summed E-state index contributed by atoms with van der Waals surface area (Å²) in [6.45, 7) is 1.57. The van der Waals surface area contributed by atoms with Crippen molar-refractivity contribution < 1.29 is 23.1 Å². The molecule has 1 atom stereocenters. The smallest absolute Gasteiger partial charge is 0.446 e. The van der Waals surface area contributed by atoms with Gasteiger partial charge in [0.25, 0.3) is 0 Å². The Labute approximate surface area is 108 Å². The van der Waals surface area contributed by atoms with Crippen LogP contribution in [0.3, 0.4) is 0 Å². The first kappa shape index (κ1) is 14.4. The van der Waals surface area contributed by atoms with E-state index in [1.54, 1.807) is 6.92 Å².